The molecule has 10 rings (SSSR count). The van der Waals surface area contributed by atoms with Crippen molar-refractivity contribution in [1.82, 2.24) is 43.6 Å². The van der Waals surface area contributed by atoms with Gasteiger partial charge >= 0.3 is 0 Å². The van der Waals surface area contributed by atoms with Crippen molar-refractivity contribution in [2.24, 2.45) is 0 Å². The lowest BCUT2D eigenvalue weighted by Crippen LogP contribution is -3.00. The number of imidazole rings is 4. The molecule has 10 aromatic rings. The lowest BCUT2D eigenvalue weighted by atomic mass is 10.2. The molecule has 0 aliphatic carbocycles. The zero-order chi connectivity index (χ0) is 51.5. The molecule has 0 fully saturated rings. The van der Waals surface area contributed by atoms with E-state index in [-0.39, 0.29) is 29.4 Å². The molecule has 0 aliphatic heterocycles. The monoisotopic (exact) mass is 1310 g/mol. The van der Waals surface area contributed by atoms with Crippen molar-refractivity contribution in [3.8, 4) is 0 Å². The fourth-order valence-electron chi connectivity index (χ4n) is 6.42. The minimum atomic E-state index is 0. The molecule has 0 unspecified atom stereocenters. The van der Waals surface area contributed by atoms with E-state index in [1.165, 1.54) is 6.33 Å². The van der Waals surface area contributed by atoms with E-state index in [1.807, 2.05) is 144 Å². The number of nitrogens with one attached hydrogen (secondary N) is 1. The number of aromatic amines is 1. The Morgan fingerprint density at radius 2 is 0.890 bits per heavy atom. The number of benzene rings is 3. The van der Waals surface area contributed by atoms with Gasteiger partial charge in [0.25, 0.3) is 20.6 Å². The predicted molar refractivity (Wildman–Crippen MR) is 300 cm³/mol. The fraction of sp³-hybridized carbons (Fsp3) is 0.220. The molecular formula is C50H49Br2Cl10N11. The summed E-state index contributed by atoms with van der Waals surface area (Å²) >= 11 is 55.6. The van der Waals surface area contributed by atoms with E-state index in [1.54, 1.807) is 10.9 Å². The Morgan fingerprint density at radius 1 is 0.507 bits per heavy atom. The van der Waals surface area contributed by atoms with E-state index in [0.29, 0.717) is 60.2 Å². The Hall–Kier alpha value is -3.41. The van der Waals surface area contributed by atoms with E-state index in [0.717, 1.165) is 74.8 Å². The number of hydrogen-bond acceptors (Lipinski definition) is 5. The van der Waals surface area contributed by atoms with Gasteiger partial charge in [-0.25, -0.2) is 38.2 Å². The Morgan fingerprint density at radius 3 is 1.18 bits per heavy atom. The second-order valence-electron chi connectivity index (χ2n) is 14.7. The topological polar surface area (TPSA) is 103 Å². The standard InChI is InChI=1S/2C15H14Cl2N3.C10H8ClN.C5H6Cl2N2.C3H2Cl2N2.C2H5Br.BrH.ClH/c2*1-2-19-10-20(15(17)14(19)16)9-12-8-7-11-5-3-4-6-13(11)18-12;11-7-9-6-5-8-3-1-2-4-10(8)12-9;1-2-9-3-8-4(6)5(9)7;4-2-3(5)7-1-6-2;1-2-3;;/h2*3-8,10H,2,9H2,1H3;1-6H,7H2;3H,2H2,1H3;1H,(H,6,7);2H2,1H3;2*1H/q2*+1;;;;;;/p-2. The summed E-state index contributed by atoms with van der Waals surface area (Å²) in [5.74, 6) is 0.477. The maximum atomic E-state index is 6.24. The summed E-state index contributed by atoms with van der Waals surface area (Å²) in [6, 6.07) is 36.3. The summed E-state index contributed by atoms with van der Waals surface area (Å²) in [7, 11) is 0. The van der Waals surface area contributed by atoms with E-state index in [4.69, 9.17) is 104 Å². The number of alkyl halides is 2. The normalized spacial score (nSPS) is 10.2. The smallest absolute Gasteiger partial charge is 0.255 e. The minimum absolute atomic E-state index is 0. The van der Waals surface area contributed by atoms with Crippen LogP contribution in [0.4, 0.5) is 0 Å². The average Bonchev–Trinajstić information content (AvgIpc) is 4.11. The van der Waals surface area contributed by atoms with Gasteiger partial charge in [0.2, 0.25) is 12.7 Å². The Bertz CT molecular complexity index is 3110. The van der Waals surface area contributed by atoms with E-state index < -0.39 is 0 Å². The van der Waals surface area contributed by atoms with Crippen LogP contribution in [-0.2, 0) is 38.6 Å². The number of rotatable bonds is 8. The fourth-order valence-corrected chi connectivity index (χ4v) is 8.11. The predicted octanol–water partition coefficient (Wildman–Crippen LogP) is 9.71. The van der Waals surface area contributed by atoms with Crippen LogP contribution in [0.3, 0.4) is 0 Å². The van der Waals surface area contributed by atoms with Crippen LogP contribution in [0.1, 0.15) is 44.8 Å². The number of para-hydroxylation sites is 3. The number of halogens is 12. The average molecular weight is 1320 g/mol. The Labute approximate surface area is 495 Å². The summed E-state index contributed by atoms with van der Waals surface area (Å²) in [4.78, 5) is 23.6. The molecule has 3 aromatic carbocycles. The van der Waals surface area contributed by atoms with Crippen LogP contribution in [-0.4, -0.2) is 48.9 Å². The summed E-state index contributed by atoms with van der Waals surface area (Å²) < 4.78 is 9.40. The Balaban J connectivity index is 0.000000247. The van der Waals surface area contributed by atoms with Crippen molar-refractivity contribution in [3.05, 3.63) is 193 Å². The molecule has 0 amide bonds. The molecule has 7 heterocycles. The quantitative estimate of drug-likeness (QED) is 0.121. The van der Waals surface area contributed by atoms with Gasteiger partial charge in [-0.2, -0.15) is 0 Å². The number of hydrogen-bond donors (Lipinski definition) is 1. The third-order valence-corrected chi connectivity index (χ3v) is 13.5. The van der Waals surface area contributed by atoms with Crippen molar-refractivity contribution >= 4 is 153 Å². The van der Waals surface area contributed by atoms with Crippen molar-refractivity contribution in [2.45, 2.75) is 66.3 Å². The van der Waals surface area contributed by atoms with Crippen molar-refractivity contribution in [2.75, 3.05) is 5.33 Å². The summed E-state index contributed by atoms with van der Waals surface area (Å²) in [6.07, 6.45) is 6.89. The first-order valence-corrected chi connectivity index (χ1v) is 26.7. The second-order valence-corrected chi connectivity index (χ2v) is 19.0. The molecule has 11 nitrogen and oxygen atoms in total. The van der Waals surface area contributed by atoms with E-state index in [9.17, 15) is 0 Å². The molecular weight excluding hydrogens is 1270 g/mol. The summed E-state index contributed by atoms with van der Waals surface area (Å²) in [5, 5.41) is 8.31. The van der Waals surface area contributed by atoms with Crippen LogP contribution in [0.25, 0.3) is 32.7 Å². The number of fused-ring (bicyclic) bond motifs is 3. The first-order valence-electron chi connectivity index (χ1n) is 22.0. The molecule has 388 valence electrons. The Kier molecular flexibility index (Phi) is 28.8. The van der Waals surface area contributed by atoms with Crippen LogP contribution >= 0.6 is 120 Å². The number of pyridine rings is 3. The van der Waals surface area contributed by atoms with E-state index in [2.05, 4.69) is 70.1 Å². The van der Waals surface area contributed by atoms with Gasteiger partial charge in [-0.15, -0.1) is 11.6 Å². The molecule has 73 heavy (non-hydrogen) atoms. The lowest BCUT2D eigenvalue weighted by Gasteiger charge is -2.01. The number of H-pyrrole nitrogens is 1. The molecule has 0 radical (unpaired) electrons. The van der Waals surface area contributed by atoms with Crippen LogP contribution < -0.4 is 38.5 Å². The van der Waals surface area contributed by atoms with Gasteiger partial charge in [-0.3, -0.25) is 4.98 Å². The van der Waals surface area contributed by atoms with Gasteiger partial charge in [0.15, 0.2) is 10.3 Å². The van der Waals surface area contributed by atoms with Gasteiger partial charge in [-0.05, 0) is 104 Å². The molecule has 0 aliphatic rings. The van der Waals surface area contributed by atoms with Gasteiger partial charge < -0.3 is 38.9 Å². The highest BCUT2D eigenvalue weighted by molar-refractivity contribution is 9.09. The zero-order valence-corrected chi connectivity index (χ0v) is 50.4. The molecule has 1 N–H and O–H groups in total. The maximum absolute atomic E-state index is 6.24. The van der Waals surface area contributed by atoms with Crippen LogP contribution in [0.2, 0.25) is 41.2 Å². The molecule has 0 bridgehead atoms. The third kappa shape index (κ3) is 18.7. The third-order valence-electron chi connectivity index (χ3n) is 9.98. The summed E-state index contributed by atoms with van der Waals surface area (Å²) in [5.41, 5.74) is 5.83. The SMILES string of the molecule is CCBr.CCn1c[n+](Cc2ccc3ccccc3n2)c(Cl)c1Cl.CCn1c[n+](Cc2ccc3ccccc3n2)c(Cl)c1Cl.CCn1cnc(Cl)c1Cl.ClCc1ccc2ccccc2n1.Clc1nc[nH]c1Cl.[Br-].[Cl-]. The number of aryl methyl sites for hydroxylation is 3. The van der Waals surface area contributed by atoms with Crippen LogP contribution in [0.15, 0.2) is 135 Å². The first kappa shape index (κ1) is 63.9. The molecule has 7 aromatic heterocycles. The van der Waals surface area contributed by atoms with Gasteiger partial charge in [-0.1, -0.05) is 142 Å². The highest BCUT2D eigenvalue weighted by Crippen LogP contribution is 2.22. The molecule has 0 saturated heterocycles. The first-order chi connectivity index (χ1) is 34.2. The van der Waals surface area contributed by atoms with Crippen LogP contribution in [0, 0.1) is 0 Å². The molecule has 0 spiro atoms. The van der Waals surface area contributed by atoms with Gasteiger partial charge in [0.05, 0.1) is 65.3 Å². The van der Waals surface area contributed by atoms with Gasteiger partial charge in [0, 0.05) is 28.0 Å². The number of aromatic nitrogens is 11. The van der Waals surface area contributed by atoms with Crippen LogP contribution in [0.5, 0.6) is 0 Å². The van der Waals surface area contributed by atoms with Gasteiger partial charge in [0.1, 0.15) is 23.4 Å². The second kappa shape index (κ2) is 32.9. The lowest BCUT2D eigenvalue weighted by molar-refractivity contribution is -0.686. The highest BCUT2D eigenvalue weighted by Gasteiger charge is 2.21. The van der Waals surface area contributed by atoms with Crippen molar-refractivity contribution in [1.29, 1.82) is 0 Å². The molecule has 0 atom stereocenters. The maximum Gasteiger partial charge on any atom is 0.255 e. The zero-order valence-electron chi connectivity index (χ0n) is 39.7. The van der Waals surface area contributed by atoms with E-state index >= 15 is 0 Å². The molecule has 0 saturated carbocycles. The summed E-state index contributed by atoms with van der Waals surface area (Å²) in [6.45, 7) is 11.7. The molecule has 23 heteroatoms. The minimum Gasteiger partial charge on any atom is -1.00 e. The largest absolute Gasteiger partial charge is 1.00 e. The van der Waals surface area contributed by atoms with Crippen molar-refractivity contribution < 1.29 is 38.5 Å². The van der Waals surface area contributed by atoms with Crippen molar-refractivity contribution in [3.63, 3.8) is 0 Å². The number of nitrogens with zero attached hydrogens (tertiary/aromatic N) is 10. The highest BCUT2D eigenvalue weighted by atomic mass is 79.9.